The summed E-state index contributed by atoms with van der Waals surface area (Å²) in [5, 5.41) is 2.95. The Hall–Kier alpha value is -3.58. The van der Waals surface area contributed by atoms with E-state index >= 15 is 0 Å². The molecule has 1 atom stereocenters. The molecular weight excluding hydrogens is 446 g/mol. The van der Waals surface area contributed by atoms with Gasteiger partial charge in [0, 0.05) is 16.9 Å². The van der Waals surface area contributed by atoms with Crippen LogP contribution in [0.25, 0.3) is 0 Å². The first-order valence-corrected chi connectivity index (χ1v) is 12.1. The number of rotatable bonds is 4. The van der Waals surface area contributed by atoms with Crippen molar-refractivity contribution in [3.8, 4) is 0 Å². The third kappa shape index (κ3) is 3.47. The van der Waals surface area contributed by atoms with E-state index in [1.807, 2.05) is 87.5 Å². The summed E-state index contributed by atoms with van der Waals surface area (Å²) in [5.74, 6) is -0.499. The lowest BCUT2D eigenvalue weighted by Crippen LogP contribution is -2.50. The smallest absolute Gasteiger partial charge is 0.269 e. The fourth-order valence-corrected chi connectivity index (χ4v) is 5.97. The van der Waals surface area contributed by atoms with E-state index in [4.69, 9.17) is 0 Å². The molecular formula is C27H25N3O3S. The molecule has 3 amide bonds. The van der Waals surface area contributed by atoms with Crippen LogP contribution in [0.1, 0.15) is 22.3 Å². The minimum absolute atomic E-state index is 0.126. The third-order valence-electron chi connectivity index (χ3n) is 6.32. The number of nitrogens with zero attached hydrogens (tertiary/aromatic N) is 2. The number of benzene rings is 3. The van der Waals surface area contributed by atoms with E-state index in [-0.39, 0.29) is 30.0 Å². The molecule has 0 aromatic heterocycles. The average molecular weight is 472 g/mol. The lowest BCUT2D eigenvalue weighted by atomic mass is 10.0. The van der Waals surface area contributed by atoms with E-state index in [9.17, 15) is 14.4 Å². The fourth-order valence-electron chi connectivity index (χ4n) is 4.61. The summed E-state index contributed by atoms with van der Waals surface area (Å²) in [5.41, 5.74) is 5.85. The van der Waals surface area contributed by atoms with Gasteiger partial charge in [-0.2, -0.15) is 0 Å². The Labute approximate surface area is 202 Å². The molecule has 2 aliphatic rings. The predicted octanol–water partition coefficient (Wildman–Crippen LogP) is 4.53. The Bertz CT molecular complexity index is 1320. The molecule has 2 aliphatic heterocycles. The predicted molar refractivity (Wildman–Crippen MR) is 136 cm³/mol. The summed E-state index contributed by atoms with van der Waals surface area (Å²) in [6.45, 7) is 5.74. The van der Waals surface area contributed by atoms with Crippen molar-refractivity contribution < 1.29 is 14.4 Å². The van der Waals surface area contributed by atoms with Gasteiger partial charge in [-0.25, -0.2) is 0 Å². The van der Waals surface area contributed by atoms with Crippen molar-refractivity contribution in [3.05, 3.63) is 89.0 Å². The number of thioether (sulfide) groups is 1. The maximum Gasteiger partial charge on any atom is 0.269 e. The van der Waals surface area contributed by atoms with Crippen LogP contribution in [0, 0.1) is 20.8 Å². The van der Waals surface area contributed by atoms with Gasteiger partial charge in [0.15, 0.2) is 0 Å². The van der Waals surface area contributed by atoms with Gasteiger partial charge in [0.2, 0.25) is 16.7 Å². The summed E-state index contributed by atoms with van der Waals surface area (Å²) < 4.78 is 0. The van der Waals surface area contributed by atoms with Gasteiger partial charge in [-0.05, 0) is 56.2 Å². The zero-order valence-corrected chi connectivity index (χ0v) is 20.1. The molecule has 1 spiro atoms. The van der Waals surface area contributed by atoms with Crippen molar-refractivity contribution in [2.45, 2.75) is 25.6 Å². The number of amides is 3. The molecule has 172 valence electrons. The average Bonchev–Trinajstić information content (AvgIpc) is 3.28. The molecule has 2 heterocycles. The SMILES string of the molecule is Cc1ccc(N2C(=O)CS[C@]23C(=O)N(CC(=O)Nc2cc(C)ccc2C)c2ccccc23)cc1. The summed E-state index contributed by atoms with van der Waals surface area (Å²) >= 11 is 1.31. The zero-order valence-electron chi connectivity index (χ0n) is 19.3. The van der Waals surface area contributed by atoms with E-state index in [1.54, 1.807) is 4.90 Å². The number of carbonyl (C=O) groups excluding carboxylic acids is 3. The normalized spacial score (nSPS) is 19.1. The number of anilines is 3. The number of aryl methyl sites for hydroxylation is 3. The molecule has 1 N–H and O–H groups in total. The highest BCUT2D eigenvalue weighted by Crippen LogP contribution is 2.55. The highest BCUT2D eigenvalue weighted by Gasteiger charge is 2.61. The van der Waals surface area contributed by atoms with Crippen LogP contribution in [0.3, 0.4) is 0 Å². The lowest BCUT2D eigenvalue weighted by molar-refractivity contribution is -0.124. The van der Waals surface area contributed by atoms with Crippen molar-refractivity contribution in [3.63, 3.8) is 0 Å². The molecule has 1 fully saturated rings. The second kappa shape index (κ2) is 8.33. The number of hydrogen-bond donors (Lipinski definition) is 1. The second-order valence-corrected chi connectivity index (χ2v) is 9.94. The van der Waals surface area contributed by atoms with E-state index in [1.165, 1.54) is 16.7 Å². The summed E-state index contributed by atoms with van der Waals surface area (Å²) in [7, 11) is 0. The number of para-hydroxylation sites is 1. The molecule has 0 aliphatic carbocycles. The molecule has 1 saturated heterocycles. The maximum atomic E-state index is 14.0. The number of hydrogen-bond acceptors (Lipinski definition) is 4. The third-order valence-corrected chi connectivity index (χ3v) is 7.71. The molecule has 0 saturated carbocycles. The van der Waals surface area contributed by atoms with Crippen molar-refractivity contribution in [2.75, 3.05) is 27.4 Å². The molecule has 3 aromatic carbocycles. The van der Waals surface area contributed by atoms with Crippen LogP contribution in [0.15, 0.2) is 66.7 Å². The molecule has 6 nitrogen and oxygen atoms in total. The standard InChI is InChI=1S/C27H25N3O3S/c1-17-9-12-20(13-10-17)30-25(32)16-34-27(30)21-6-4-5-7-23(21)29(26(27)33)15-24(31)28-22-14-18(2)8-11-19(22)3/h4-14H,15-16H2,1-3H3,(H,28,31)/t27-/m1/s1. The minimum atomic E-state index is -1.22. The van der Waals surface area contributed by atoms with E-state index in [0.29, 0.717) is 11.4 Å². The monoisotopic (exact) mass is 471 g/mol. The molecule has 34 heavy (non-hydrogen) atoms. The largest absolute Gasteiger partial charge is 0.324 e. The van der Waals surface area contributed by atoms with Gasteiger partial charge in [-0.1, -0.05) is 48.0 Å². The molecule has 0 bridgehead atoms. The molecule has 0 unspecified atom stereocenters. The number of carbonyl (C=O) groups is 3. The molecule has 7 heteroatoms. The minimum Gasteiger partial charge on any atom is -0.324 e. The van der Waals surface area contributed by atoms with Gasteiger partial charge >= 0.3 is 0 Å². The molecule has 0 radical (unpaired) electrons. The Kier molecular flexibility index (Phi) is 5.44. The van der Waals surface area contributed by atoms with Crippen molar-refractivity contribution in [1.82, 2.24) is 0 Å². The van der Waals surface area contributed by atoms with Gasteiger partial charge in [0.25, 0.3) is 5.91 Å². The fraction of sp³-hybridized carbons (Fsp3) is 0.222. The Morgan fingerprint density at radius 1 is 0.971 bits per heavy atom. The Morgan fingerprint density at radius 3 is 2.44 bits per heavy atom. The maximum absolute atomic E-state index is 14.0. The van der Waals surface area contributed by atoms with Crippen LogP contribution >= 0.6 is 11.8 Å². The van der Waals surface area contributed by atoms with Crippen molar-refractivity contribution in [2.24, 2.45) is 0 Å². The number of fused-ring (bicyclic) bond motifs is 2. The Morgan fingerprint density at radius 2 is 1.68 bits per heavy atom. The summed E-state index contributed by atoms with van der Waals surface area (Å²) in [6.07, 6.45) is 0. The number of nitrogens with one attached hydrogen (secondary N) is 1. The van der Waals surface area contributed by atoms with Gasteiger partial charge in [-0.3, -0.25) is 24.2 Å². The van der Waals surface area contributed by atoms with Crippen LogP contribution in [-0.2, 0) is 19.3 Å². The summed E-state index contributed by atoms with van der Waals surface area (Å²) in [4.78, 5) is 42.0. The van der Waals surface area contributed by atoms with Gasteiger partial charge in [-0.15, -0.1) is 11.8 Å². The van der Waals surface area contributed by atoms with Crippen molar-refractivity contribution >= 4 is 46.5 Å². The first-order valence-electron chi connectivity index (χ1n) is 11.1. The molecule has 3 aromatic rings. The van der Waals surface area contributed by atoms with E-state index in [0.717, 1.165) is 27.9 Å². The Balaban J connectivity index is 1.51. The van der Waals surface area contributed by atoms with Crippen LogP contribution in [-0.4, -0.2) is 30.0 Å². The lowest BCUT2D eigenvalue weighted by Gasteiger charge is -2.33. The zero-order chi connectivity index (χ0) is 24.0. The van der Waals surface area contributed by atoms with Crippen LogP contribution in [0.2, 0.25) is 0 Å². The topological polar surface area (TPSA) is 69.7 Å². The van der Waals surface area contributed by atoms with Gasteiger partial charge in [0.1, 0.15) is 6.54 Å². The van der Waals surface area contributed by atoms with Gasteiger partial charge < -0.3 is 5.32 Å². The first kappa shape index (κ1) is 22.2. The van der Waals surface area contributed by atoms with Crippen molar-refractivity contribution in [1.29, 1.82) is 0 Å². The highest BCUT2D eigenvalue weighted by molar-refractivity contribution is 8.02. The van der Waals surface area contributed by atoms with Gasteiger partial charge in [0.05, 0.1) is 11.4 Å². The first-order chi connectivity index (χ1) is 16.3. The highest BCUT2D eigenvalue weighted by atomic mass is 32.2. The van der Waals surface area contributed by atoms with E-state index < -0.39 is 4.87 Å². The quantitative estimate of drug-likeness (QED) is 0.607. The van der Waals surface area contributed by atoms with Crippen LogP contribution in [0.5, 0.6) is 0 Å². The van der Waals surface area contributed by atoms with Crippen LogP contribution < -0.4 is 15.1 Å². The summed E-state index contributed by atoms with van der Waals surface area (Å²) in [6, 6.07) is 20.9. The van der Waals surface area contributed by atoms with E-state index in [2.05, 4.69) is 5.32 Å². The van der Waals surface area contributed by atoms with Crippen LogP contribution in [0.4, 0.5) is 17.1 Å². The second-order valence-electron chi connectivity index (χ2n) is 8.77. The molecule has 5 rings (SSSR count).